The van der Waals surface area contributed by atoms with E-state index >= 15 is 0 Å². The summed E-state index contributed by atoms with van der Waals surface area (Å²) in [4.78, 5) is 11.4. The second kappa shape index (κ2) is 4.69. The molecule has 17 heavy (non-hydrogen) atoms. The highest BCUT2D eigenvalue weighted by Gasteiger charge is 2.41. The van der Waals surface area contributed by atoms with Gasteiger partial charge in [-0.3, -0.25) is 4.79 Å². The third kappa shape index (κ3) is 2.32. The first-order chi connectivity index (χ1) is 7.71. The lowest BCUT2D eigenvalue weighted by Crippen LogP contribution is -2.37. The second-order valence-electron chi connectivity index (χ2n) is 4.38. The molecule has 94 valence electrons. The van der Waals surface area contributed by atoms with Crippen molar-refractivity contribution in [3.05, 3.63) is 35.1 Å². The summed E-state index contributed by atoms with van der Waals surface area (Å²) in [5.74, 6) is -3.67. The molecule has 0 fully saturated rings. The summed E-state index contributed by atoms with van der Waals surface area (Å²) in [7, 11) is 0. The minimum absolute atomic E-state index is 0.429. The maximum absolute atomic E-state index is 13.6. The lowest BCUT2D eigenvalue weighted by atomic mass is 9.74. The van der Waals surface area contributed by atoms with Gasteiger partial charge in [0.25, 0.3) is 0 Å². The first-order valence-corrected chi connectivity index (χ1v) is 5.44. The molecule has 1 atom stereocenters. The molecule has 0 saturated carbocycles. The smallest absolute Gasteiger partial charge is 0.232 e. The molecular formula is C12H12ClF3O. The van der Waals surface area contributed by atoms with Crippen LogP contribution in [-0.2, 0) is 10.2 Å². The van der Waals surface area contributed by atoms with E-state index in [0.29, 0.717) is 12.1 Å². The van der Waals surface area contributed by atoms with E-state index in [1.807, 2.05) is 0 Å². The first kappa shape index (κ1) is 14.0. The number of benzene rings is 1. The molecule has 0 saturated heterocycles. The number of halogens is 4. The third-order valence-corrected chi connectivity index (χ3v) is 3.48. The highest BCUT2D eigenvalue weighted by Crippen LogP contribution is 2.37. The first-order valence-electron chi connectivity index (χ1n) is 5.06. The Morgan fingerprint density at radius 2 is 1.65 bits per heavy atom. The van der Waals surface area contributed by atoms with Crippen molar-refractivity contribution in [2.24, 2.45) is 5.92 Å². The molecule has 1 unspecified atom stereocenters. The van der Waals surface area contributed by atoms with Crippen LogP contribution in [0.1, 0.15) is 26.3 Å². The Kier molecular flexibility index (Phi) is 3.87. The van der Waals surface area contributed by atoms with E-state index in [-0.39, 0.29) is 0 Å². The van der Waals surface area contributed by atoms with E-state index in [1.54, 1.807) is 13.8 Å². The fourth-order valence-corrected chi connectivity index (χ4v) is 1.96. The number of rotatable bonds is 3. The Labute approximate surface area is 103 Å². The molecule has 5 heteroatoms. The van der Waals surface area contributed by atoms with E-state index in [2.05, 4.69) is 0 Å². The van der Waals surface area contributed by atoms with Crippen LogP contribution in [-0.4, -0.2) is 5.24 Å². The van der Waals surface area contributed by atoms with Crippen LogP contribution in [0.25, 0.3) is 0 Å². The molecule has 0 aliphatic rings. The summed E-state index contributed by atoms with van der Waals surface area (Å²) in [6.07, 6.45) is 0. The van der Waals surface area contributed by atoms with Gasteiger partial charge in [-0.25, -0.2) is 13.2 Å². The van der Waals surface area contributed by atoms with Crippen LogP contribution in [0.4, 0.5) is 13.2 Å². The molecule has 0 bridgehead atoms. The molecule has 0 radical (unpaired) electrons. The van der Waals surface area contributed by atoms with Crippen molar-refractivity contribution < 1.29 is 18.0 Å². The topological polar surface area (TPSA) is 17.1 Å². The number of carbonyl (C=O) groups excluding carboxylic acids is 1. The normalized spacial score (nSPS) is 14.8. The number of carbonyl (C=O) groups is 1. The summed E-state index contributed by atoms with van der Waals surface area (Å²) >= 11 is 5.43. The molecule has 0 aromatic heterocycles. The van der Waals surface area contributed by atoms with Crippen molar-refractivity contribution >= 4 is 16.8 Å². The van der Waals surface area contributed by atoms with Crippen molar-refractivity contribution in [3.63, 3.8) is 0 Å². The van der Waals surface area contributed by atoms with Gasteiger partial charge in [-0.1, -0.05) is 13.8 Å². The summed E-state index contributed by atoms with van der Waals surface area (Å²) in [6.45, 7) is 4.57. The monoisotopic (exact) mass is 264 g/mol. The van der Waals surface area contributed by atoms with E-state index in [0.717, 1.165) is 0 Å². The van der Waals surface area contributed by atoms with Crippen LogP contribution in [0, 0.1) is 23.4 Å². The van der Waals surface area contributed by atoms with Crippen molar-refractivity contribution in [1.29, 1.82) is 0 Å². The zero-order valence-corrected chi connectivity index (χ0v) is 10.4. The van der Waals surface area contributed by atoms with Crippen molar-refractivity contribution in [2.45, 2.75) is 26.2 Å². The average Bonchev–Trinajstić information content (AvgIpc) is 2.14. The minimum Gasteiger partial charge on any atom is -0.280 e. The van der Waals surface area contributed by atoms with Crippen LogP contribution in [0.5, 0.6) is 0 Å². The van der Waals surface area contributed by atoms with Gasteiger partial charge in [-0.2, -0.15) is 0 Å². The maximum Gasteiger partial charge on any atom is 0.232 e. The Morgan fingerprint density at radius 3 is 1.94 bits per heavy atom. The van der Waals surface area contributed by atoms with E-state index < -0.39 is 39.6 Å². The number of hydrogen-bond donors (Lipinski definition) is 0. The van der Waals surface area contributed by atoms with Crippen molar-refractivity contribution in [1.82, 2.24) is 0 Å². The van der Waals surface area contributed by atoms with E-state index in [1.165, 1.54) is 6.92 Å². The second-order valence-corrected chi connectivity index (χ2v) is 4.72. The van der Waals surface area contributed by atoms with Gasteiger partial charge in [0.2, 0.25) is 5.24 Å². The average molecular weight is 265 g/mol. The molecule has 0 heterocycles. The van der Waals surface area contributed by atoms with Crippen LogP contribution in [0.15, 0.2) is 12.1 Å². The Balaban J connectivity index is 3.55. The quantitative estimate of drug-likeness (QED) is 0.759. The fourth-order valence-electron chi connectivity index (χ4n) is 1.65. The number of hydrogen-bond acceptors (Lipinski definition) is 1. The molecule has 1 aromatic rings. The van der Waals surface area contributed by atoms with Gasteiger partial charge < -0.3 is 0 Å². The Bertz CT molecular complexity index is 436. The Morgan fingerprint density at radius 1 is 1.24 bits per heavy atom. The van der Waals surface area contributed by atoms with Gasteiger partial charge in [0.1, 0.15) is 17.5 Å². The van der Waals surface area contributed by atoms with Gasteiger partial charge in [-0.15, -0.1) is 0 Å². The molecule has 0 N–H and O–H groups in total. The molecule has 0 amide bonds. The minimum atomic E-state index is -1.52. The molecular weight excluding hydrogens is 253 g/mol. The van der Waals surface area contributed by atoms with Crippen LogP contribution >= 0.6 is 11.6 Å². The third-order valence-electron chi connectivity index (χ3n) is 3.09. The molecule has 0 aliphatic carbocycles. The van der Waals surface area contributed by atoms with Crippen molar-refractivity contribution in [3.8, 4) is 0 Å². The van der Waals surface area contributed by atoms with Gasteiger partial charge in [0.05, 0.1) is 5.41 Å². The van der Waals surface area contributed by atoms with Gasteiger partial charge in [0, 0.05) is 17.7 Å². The zero-order chi connectivity index (χ0) is 13.4. The van der Waals surface area contributed by atoms with Gasteiger partial charge >= 0.3 is 0 Å². The van der Waals surface area contributed by atoms with E-state index in [4.69, 9.17) is 11.6 Å². The van der Waals surface area contributed by atoms with Crippen molar-refractivity contribution in [2.75, 3.05) is 0 Å². The maximum atomic E-state index is 13.6. The standard InChI is InChI=1S/C12H12ClF3O/c1-6(2)12(3,11(13)17)10-8(15)4-7(14)5-9(10)16/h4-6H,1-3H3. The molecule has 0 aliphatic heterocycles. The zero-order valence-electron chi connectivity index (χ0n) is 9.65. The summed E-state index contributed by atoms with van der Waals surface area (Å²) < 4.78 is 40.1. The lowest BCUT2D eigenvalue weighted by Gasteiger charge is -2.30. The van der Waals surface area contributed by atoms with Crippen LogP contribution in [0.2, 0.25) is 0 Å². The molecule has 0 spiro atoms. The summed E-state index contributed by atoms with van der Waals surface area (Å²) in [6, 6.07) is 1.08. The van der Waals surface area contributed by atoms with E-state index in [9.17, 15) is 18.0 Å². The van der Waals surface area contributed by atoms with Gasteiger partial charge in [0.15, 0.2) is 0 Å². The Hall–Kier alpha value is -1.03. The van der Waals surface area contributed by atoms with Crippen LogP contribution in [0.3, 0.4) is 0 Å². The predicted octanol–water partition coefficient (Wildman–Crippen LogP) is 3.78. The molecule has 1 rings (SSSR count). The summed E-state index contributed by atoms with van der Waals surface area (Å²) in [5, 5.41) is -0.878. The lowest BCUT2D eigenvalue weighted by molar-refractivity contribution is -0.117. The fraction of sp³-hybridized carbons (Fsp3) is 0.417. The predicted molar refractivity (Wildman–Crippen MR) is 59.4 cm³/mol. The molecule has 1 aromatic carbocycles. The largest absolute Gasteiger partial charge is 0.280 e. The SMILES string of the molecule is CC(C)C(C)(C(=O)Cl)c1c(F)cc(F)cc1F. The highest BCUT2D eigenvalue weighted by molar-refractivity contribution is 6.65. The van der Waals surface area contributed by atoms with Crippen LogP contribution < -0.4 is 0 Å². The summed E-state index contributed by atoms with van der Waals surface area (Å²) in [5.41, 5.74) is -2.02. The highest BCUT2D eigenvalue weighted by atomic mass is 35.5. The van der Waals surface area contributed by atoms with Gasteiger partial charge in [-0.05, 0) is 24.4 Å². The molecule has 1 nitrogen and oxygen atoms in total.